The van der Waals surface area contributed by atoms with Gasteiger partial charge in [-0.3, -0.25) is 14.5 Å². The Labute approximate surface area is 93.4 Å². The summed E-state index contributed by atoms with van der Waals surface area (Å²) in [6, 6.07) is 0. The highest BCUT2D eigenvalue weighted by molar-refractivity contribution is 6.08. The van der Waals surface area contributed by atoms with Crippen LogP contribution in [0.1, 0.15) is 13.3 Å². The Kier molecular flexibility index (Phi) is 3.64. The van der Waals surface area contributed by atoms with Crippen molar-refractivity contribution in [1.82, 2.24) is 4.90 Å². The zero-order chi connectivity index (χ0) is 12.3. The lowest BCUT2D eigenvalue weighted by atomic mass is 9.98. The summed E-state index contributed by atoms with van der Waals surface area (Å²) >= 11 is 0. The van der Waals surface area contributed by atoms with Crippen molar-refractivity contribution in [2.45, 2.75) is 13.3 Å². The van der Waals surface area contributed by atoms with Crippen molar-refractivity contribution in [2.24, 2.45) is 5.92 Å². The number of carbonyl (C=O) groups is 3. The van der Waals surface area contributed by atoms with Gasteiger partial charge in [0.2, 0.25) is 11.8 Å². The fourth-order valence-corrected chi connectivity index (χ4v) is 1.53. The SMILES string of the molecule is C=C=C(C(=O)OCC)[C@H]1CC(=O)N(C)C1=O. The molecule has 0 N–H and O–H groups in total. The van der Waals surface area contributed by atoms with Crippen LogP contribution in [0.3, 0.4) is 0 Å². The molecule has 86 valence electrons. The summed E-state index contributed by atoms with van der Waals surface area (Å²) in [6.07, 6.45) is -0.0218. The molecule has 1 rings (SSSR count). The van der Waals surface area contributed by atoms with E-state index in [0.29, 0.717) is 0 Å². The van der Waals surface area contributed by atoms with Gasteiger partial charge in [-0.25, -0.2) is 4.79 Å². The van der Waals surface area contributed by atoms with Crippen LogP contribution in [0, 0.1) is 5.92 Å². The van der Waals surface area contributed by atoms with E-state index in [1.165, 1.54) is 7.05 Å². The fraction of sp³-hybridized carbons (Fsp3) is 0.455. The molecule has 2 amide bonds. The van der Waals surface area contributed by atoms with Crippen molar-refractivity contribution in [3.8, 4) is 0 Å². The molecule has 1 heterocycles. The number of amides is 2. The number of hydrogen-bond donors (Lipinski definition) is 0. The Morgan fingerprint density at radius 2 is 2.25 bits per heavy atom. The average molecular weight is 223 g/mol. The van der Waals surface area contributed by atoms with E-state index in [-0.39, 0.29) is 24.5 Å². The molecule has 1 saturated heterocycles. The highest BCUT2D eigenvalue weighted by Gasteiger charge is 2.40. The average Bonchev–Trinajstić information content (AvgIpc) is 2.48. The Balaban J connectivity index is 2.93. The molecule has 5 nitrogen and oxygen atoms in total. The molecule has 5 heteroatoms. The molecule has 0 unspecified atom stereocenters. The van der Waals surface area contributed by atoms with Crippen molar-refractivity contribution in [3.05, 3.63) is 17.9 Å². The van der Waals surface area contributed by atoms with E-state index in [2.05, 4.69) is 12.3 Å². The van der Waals surface area contributed by atoms with Gasteiger partial charge in [0.15, 0.2) is 0 Å². The van der Waals surface area contributed by atoms with Gasteiger partial charge in [0.05, 0.1) is 18.1 Å². The maximum absolute atomic E-state index is 11.6. The molecule has 1 aliphatic rings. The molecule has 0 aliphatic carbocycles. The predicted octanol–water partition coefficient (Wildman–Crippen LogP) is 0.266. The highest BCUT2D eigenvalue weighted by Crippen LogP contribution is 2.25. The standard InChI is InChI=1S/C11H13NO4/c1-4-7(11(15)16-5-2)8-6-9(13)12(3)10(8)14/h8H,1,5-6H2,2-3H3/t8-/m1/s1. The number of imide groups is 1. The van der Waals surface area contributed by atoms with Crippen LogP contribution >= 0.6 is 0 Å². The van der Waals surface area contributed by atoms with Crippen LogP contribution in [0.5, 0.6) is 0 Å². The van der Waals surface area contributed by atoms with Crippen molar-refractivity contribution < 1.29 is 19.1 Å². The van der Waals surface area contributed by atoms with E-state index in [0.717, 1.165) is 4.90 Å². The summed E-state index contributed by atoms with van der Waals surface area (Å²) in [5.74, 6) is -2.16. The van der Waals surface area contributed by atoms with Gasteiger partial charge in [0, 0.05) is 13.5 Å². The first-order chi connectivity index (χ1) is 7.52. The van der Waals surface area contributed by atoms with Crippen molar-refractivity contribution in [2.75, 3.05) is 13.7 Å². The maximum atomic E-state index is 11.6. The van der Waals surface area contributed by atoms with Gasteiger partial charge in [-0.1, -0.05) is 6.58 Å². The van der Waals surface area contributed by atoms with Crippen molar-refractivity contribution >= 4 is 17.8 Å². The van der Waals surface area contributed by atoms with Gasteiger partial charge in [-0.2, -0.15) is 0 Å². The van der Waals surface area contributed by atoms with Crippen molar-refractivity contribution in [3.63, 3.8) is 0 Å². The van der Waals surface area contributed by atoms with Gasteiger partial charge >= 0.3 is 5.97 Å². The number of carbonyl (C=O) groups excluding carboxylic acids is 3. The summed E-state index contributed by atoms with van der Waals surface area (Å²) in [5.41, 5.74) is 2.42. The Morgan fingerprint density at radius 3 is 2.62 bits per heavy atom. The Bertz CT molecular complexity index is 393. The Morgan fingerprint density at radius 1 is 1.62 bits per heavy atom. The van der Waals surface area contributed by atoms with Gasteiger partial charge in [-0.05, 0) is 6.92 Å². The summed E-state index contributed by atoms with van der Waals surface area (Å²) in [7, 11) is 1.39. The third-order valence-electron chi connectivity index (χ3n) is 2.42. The first kappa shape index (κ1) is 12.2. The summed E-state index contributed by atoms with van der Waals surface area (Å²) in [5, 5.41) is 0. The van der Waals surface area contributed by atoms with Crippen molar-refractivity contribution in [1.29, 1.82) is 0 Å². The van der Waals surface area contributed by atoms with Gasteiger partial charge in [-0.15, -0.1) is 5.73 Å². The minimum absolute atomic E-state index is 0.0218. The maximum Gasteiger partial charge on any atom is 0.342 e. The molecule has 0 saturated carbocycles. The van der Waals surface area contributed by atoms with Gasteiger partial charge in [0.1, 0.15) is 0 Å². The summed E-state index contributed by atoms with van der Waals surface area (Å²) in [4.78, 5) is 35.4. The number of ether oxygens (including phenoxy) is 1. The van der Waals surface area contributed by atoms with Gasteiger partial charge < -0.3 is 4.74 Å². The topological polar surface area (TPSA) is 63.7 Å². The van der Waals surface area contributed by atoms with Crippen LogP contribution in [0.2, 0.25) is 0 Å². The van der Waals surface area contributed by atoms with E-state index in [1.54, 1.807) is 6.92 Å². The number of hydrogen-bond acceptors (Lipinski definition) is 4. The number of esters is 1. The van der Waals surface area contributed by atoms with E-state index in [1.807, 2.05) is 0 Å². The van der Waals surface area contributed by atoms with Crippen LogP contribution in [-0.2, 0) is 19.1 Å². The first-order valence-corrected chi connectivity index (χ1v) is 4.90. The molecule has 0 radical (unpaired) electrons. The molecule has 0 aromatic carbocycles. The van der Waals surface area contributed by atoms with E-state index < -0.39 is 17.8 Å². The normalized spacial score (nSPS) is 19.6. The molecule has 0 aromatic rings. The molecule has 16 heavy (non-hydrogen) atoms. The minimum Gasteiger partial charge on any atom is -0.462 e. The summed E-state index contributed by atoms with van der Waals surface area (Å²) < 4.78 is 4.77. The molecule has 0 spiro atoms. The second-order valence-corrected chi connectivity index (χ2v) is 3.36. The zero-order valence-electron chi connectivity index (χ0n) is 9.28. The van der Waals surface area contributed by atoms with E-state index >= 15 is 0 Å². The molecule has 1 atom stereocenters. The molecule has 0 aromatic heterocycles. The second-order valence-electron chi connectivity index (χ2n) is 3.36. The zero-order valence-corrected chi connectivity index (χ0v) is 9.28. The number of likely N-dealkylation sites (tertiary alicyclic amines) is 1. The van der Waals surface area contributed by atoms with Gasteiger partial charge in [0.25, 0.3) is 0 Å². The predicted molar refractivity (Wildman–Crippen MR) is 55.2 cm³/mol. The molecular weight excluding hydrogens is 210 g/mol. The largest absolute Gasteiger partial charge is 0.462 e. The third-order valence-corrected chi connectivity index (χ3v) is 2.42. The second kappa shape index (κ2) is 4.77. The quantitative estimate of drug-likeness (QED) is 0.298. The minimum atomic E-state index is -0.797. The smallest absolute Gasteiger partial charge is 0.342 e. The highest BCUT2D eigenvalue weighted by atomic mass is 16.5. The van der Waals surface area contributed by atoms with Crippen LogP contribution in [0.25, 0.3) is 0 Å². The van der Waals surface area contributed by atoms with Crippen LogP contribution in [0.15, 0.2) is 17.9 Å². The first-order valence-electron chi connectivity index (χ1n) is 4.90. The van der Waals surface area contributed by atoms with E-state index in [9.17, 15) is 14.4 Å². The molecule has 1 aliphatic heterocycles. The Hall–Kier alpha value is -1.87. The number of nitrogens with zero attached hydrogens (tertiary/aromatic N) is 1. The lowest BCUT2D eigenvalue weighted by Gasteiger charge is -2.10. The lowest BCUT2D eigenvalue weighted by molar-refractivity contribution is -0.142. The molecule has 0 bridgehead atoms. The number of rotatable bonds is 3. The van der Waals surface area contributed by atoms with Crippen LogP contribution in [0.4, 0.5) is 0 Å². The fourth-order valence-electron chi connectivity index (χ4n) is 1.53. The van der Waals surface area contributed by atoms with Crippen LogP contribution in [-0.4, -0.2) is 36.3 Å². The lowest BCUT2D eigenvalue weighted by Crippen LogP contribution is -2.27. The van der Waals surface area contributed by atoms with Crippen LogP contribution < -0.4 is 0 Å². The monoisotopic (exact) mass is 223 g/mol. The van der Waals surface area contributed by atoms with E-state index in [4.69, 9.17) is 4.74 Å². The summed E-state index contributed by atoms with van der Waals surface area (Å²) in [6.45, 7) is 5.21. The molecular formula is C11H13NO4. The molecule has 1 fully saturated rings. The third kappa shape index (κ3) is 2.04.